The Kier molecular flexibility index (Phi) is 4.07. The second-order valence-electron chi connectivity index (χ2n) is 4.59. The van der Waals surface area contributed by atoms with Gasteiger partial charge < -0.3 is 10.5 Å². The highest BCUT2D eigenvalue weighted by Gasteiger charge is 2.11. The zero-order valence-electron chi connectivity index (χ0n) is 11.5. The molecule has 108 valence electrons. The van der Waals surface area contributed by atoms with Gasteiger partial charge in [-0.05, 0) is 30.2 Å². The molecule has 0 radical (unpaired) electrons. The quantitative estimate of drug-likeness (QED) is 0.755. The Hall–Kier alpha value is -1.66. The van der Waals surface area contributed by atoms with Gasteiger partial charge in [-0.1, -0.05) is 35.0 Å². The number of aromatic nitrogens is 2. The summed E-state index contributed by atoms with van der Waals surface area (Å²) in [6.07, 6.45) is 0.965. The molecule has 0 saturated heterocycles. The Balaban J connectivity index is 1.88. The van der Waals surface area contributed by atoms with Gasteiger partial charge in [-0.15, -0.1) is 11.3 Å². The van der Waals surface area contributed by atoms with E-state index < -0.39 is 0 Å². The Morgan fingerprint density at radius 1 is 1.24 bits per heavy atom. The van der Waals surface area contributed by atoms with E-state index in [0.717, 1.165) is 26.7 Å². The van der Waals surface area contributed by atoms with Crippen LogP contribution in [0.5, 0.6) is 5.88 Å². The summed E-state index contributed by atoms with van der Waals surface area (Å²) in [5.41, 5.74) is 6.84. The first kappa shape index (κ1) is 14.3. The van der Waals surface area contributed by atoms with Gasteiger partial charge in [0.15, 0.2) is 0 Å². The number of halogens is 1. The molecule has 0 spiro atoms. The minimum Gasteiger partial charge on any atom is -0.472 e. The van der Waals surface area contributed by atoms with Crippen LogP contribution >= 0.6 is 27.3 Å². The van der Waals surface area contributed by atoms with E-state index in [9.17, 15) is 0 Å². The molecule has 2 aromatic heterocycles. The van der Waals surface area contributed by atoms with E-state index in [4.69, 9.17) is 10.5 Å². The largest absolute Gasteiger partial charge is 0.472 e. The molecule has 2 N–H and O–H groups in total. The number of nitrogen functional groups attached to an aromatic ring is 1. The molecule has 21 heavy (non-hydrogen) atoms. The first-order valence-corrected chi connectivity index (χ1v) is 8.20. The van der Waals surface area contributed by atoms with Crippen molar-refractivity contribution in [2.24, 2.45) is 0 Å². The SMILES string of the molecule is CCc1cc2c(OCc3ccc(Br)cc3)nc(N)nc2s1. The van der Waals surface area contributed by atoms with E-state index in [0.29, 0.717) is 12.5 Å². The lowest BCUT2D eigenvalue weighted by atomic mass is 10.2. The molecule has 0 aliphatic rings. The summed E-state index contributed by atoms with van der Waals surface area (Å²) in [5, 5.41) is 0.933. The number of anilines is 1. The fraction of sp³-hybridized carbons (Fsp3) is 0.200. The van der Waals surface area contributed by atoms with E-state index in [1.165, 1.54) is 4.88 Å². The Morgan fingerprint density at radius 3 is 2.71 bits per heavy atom. The van der Waals surface area contributed by atoms with Crippen LogP contribution in [0.3, 0.4) is 0 Å². The number of thiophene rings is 1. The van der Waals surface area contributed by atoms with Gasteiger partial charge in [0.1, 0.15) is 11.4 Å². The molecule has 0 amide bonds. The van der Waals surface area contributed by atoms with Gasteiger partial charge in [-0.2, -0.15) is 4.98 Å². The predicted molar refractivity (Wildman–Crippen MR) is 89.7 cm³/mol. The van der Waals surface area contributed by atoms with Gasteiger partial charge in [0, 0.05) is 9.35 Å². The molecule has 0 aliphatic heterocycles. The average Bonchev–Trinajstić information content (AvgIpc) is 2.89. The molecule has 0 bridgehead atoms. The summed E-state index contributed by atoms with van der Waals surface area (Å²) in [6.45, 7) is 2.57. The zero-order valence-corrected chi connectivity index (χ0v) is 13.9. The number of nitrogens with zero attached hydrogens (tertiary/aromatic N) is 2. The van der Waals surface area contributed by atoms with Crippen molar-refractivity contribution in [1.29, 1.82) is 0 Å². The van der Waals surface area contributed by atoms with Crippen LogP contribution in [-0.4, -0.2) is 9.97 Å². The Bertz CT molecular complexity index is 770. The maximum absolute atomic E-state index is 5.84. The van der Waals surface area contributed by atoms with Crippen LogP contribution < -0.4 is 10.5 Å². The van der Waals surface area contributed by atoms with Gasteiger partial charge in [-0.3, -0.25) is 0 Å². The summed E-state index contributed by atoms with van der Waals surface area (Å²) in [6, 6.07) is 10.1. The van der Waals surface area contributed by atoms with Crippen LogP contribution in [0, 0.1) is 0 Å². The second-order valence-corrected chi connectivity index (χ2v) is 6.62. The van der Waals surface area contributed by atoms with Gasteiger partial charge in [0.05, 0.1) is 5.39 Å². The number of rotatable bonds is 4. The molecule has 4 nitrogen and oxygen atoms in total. The van der Waals surface area contributed by atoms with E-state index in [1.54, 1.807) is 11.3 Å². The molecular weight excluding hydrogens is 350 g/mol. The first-order chi connectivity index (χ1) is 10.2. The third-order valence-electron chi connectivity index (χ3n) is 3.06. The standard InChI is InChI=1S/C15H14BrN3OS/c1-2-11-7-12-13(18-15(17)19-14(12)21-11)20-8-9-3-5-10(16)6-4-9/h3-7H,2,8H2,1H3,(H2,17,18,19). The van der Waals surface area contributed by atoms with Crippen LogP contribution in [-0.2, 0) is 13.0 Å². The fourth-order valence-electron chi connectivity index (χ4n) is 1.98. The topological polar surface area (TPSA) is 61.0 Å². The minimum absolute atomic E-state index is 0.248. The van der Waals surface area contributed by atoms with Crippen LogP contribution in [0.4, 0.5) is 5.95 Å². The fourth-order valence-corrected chi connectivity index (χ4v) is 3.21. The number of benzene rings is 1. The van der Waals surface area contributed by atoms with Crippen molar-refractivity contribution in [2.45, 2.75) is 20.0 Å². The number of nitrogens with two attached hydrogens (primary N) is 1. The van der Waals surface area contributed by atoms with Gasteiger partial charge >= 0.3 is 0 Å². The summed E-state index contributed by atoms with van der Waals surface area (Å²) < 4.78 is 6.89. The molecule has 0 atom stereocenters. The number of fused-ring (bicyclic) bond motifs is 1. The first-order valence-electron chi connectivity index (χ1n) is 6.59. The van der Waals surface area contributed by atoms with Crippen molar-refractivity contribution in [1.82, 2.24) is 9.97 Å². The van der Waals surface area contributed by atoms with Gasteiger partial charge in [-0.25, -0.2) is 4.98 Å². The highest BCUT2D eigenvalue weighted by molar-refractivity contribution is 9.10. The highest BCUT2D eigenvalue weighted by Crippen LogP contribution is 2.31. The lowest BCUT2D eigenvalue weighted by Gasteiger charge is -2.07. The van der Waals surface area contributed by atoms with E-state index >= 15 is 0 Å². The van der Waals surface area contributed by atoms with Crippen LogP contribution in [0.1, 0.15) is 17.4 Å². The maximum atomic E-state index is 5.84. The van der Waals surface area contributed by atoms with E-state index in [2.05, 4.69) is 38.9 Å². The molecule has 3 aromatic rings. The Labute approximate surface area is 135 Å². The van der Waals surface area contributed by atoms with Crippen LogP contribution in [0.15, 0.2) is 34.8 Å². The van der Waals surface area contributed by atoms with Gasteiger partial charge in [0.25, 0.3) is 0 Å². The highest BCUT2D eigenvalue weighted by atomic mass is 79.9. The molecule has 0 unspecified atom stereocenters. The van der Waals surface area contributed by atoms with Crippen molar-refractivity contribution in [3.05, 3.63) is 45.2 Å². The molecule has 6 heteroatoms. The monoisotopic (exact) mass is 363 g/mol. The minimum atomic E-state index is 0.248. The second kappa shape index (κ2) is 5.99. The van der Waals surface area contributed by atoms with Crippen molar-refractivity contribution in [2.75, 3.05) is 5.73 Å². The average molecular weight is 364 g/mol. The van der Waals surface area contributed by atoms with Crippen molar-refractivity contribution >= 4 is 43.4 Å². The Morgan fingerprint density at radius 2 is 2.00 bits per heavy atom. The maximum Gasteiger partial charge on any atom is 0.227 e. The third kappa shape index (κ3) is 3.16. The number of aryl methyl sites for hydroxylation is 1. The van der Waals surface area contributed by atoms with Crippen molar-refractivity contribution in [3.8, 4) is 5.88 Å². The number of hydrogen-bond acceptors (Lipinski definition) is 5. The molecule has 3 rings (SSSR count). The molecule has 2 heterocycles. The lowest BCUT2D eigenvalue weighted by molar-refractivity contribution is 0.298. The smallest absolute Gasteiger partial charge is 0.227 e. The summed E-state index contributed by atoms with van der Waals surface area (Å²) in [4.78, 5) is 10.6. The van der Waals surface area contributed by atoms with Crippen LogP contribution in [0.25, 0.3) is 10.2 Å². The van der Waals surface area contributed by atoms with E-state index in [1.807, 2.05) is 24.3 Å². The third-order valence-corrected chi connectivity index (χ3v) is 4.77. The summed E-state index contributed by atoms with van der Waals surface area (Å²) in [5.74, 6) is 0.800. The molecule has 0 aliphatic carbocycles. The molecule has 0 fully saturated rings. The van der Waals surface area contributed by atoms with Gasteiger partial charge in [0.2, 0.25) is 11.8 Å². The summed E-state index contributed by atoms with van der Waals surface area (Å²) in [7, 11) is 0. The zero-order chi connectivity index (χ0) is 14.8. The molecule has 0 saturated carbocycles. The number of hydrogen-bond donors (Lipinski definition) is 1. The normalized spacial score (nSPS) is 11.0. The number of ether oxygens (including phenoxy) is 1. The molecule has 1 aromatic carbocycles. The summed E-state index contributed by atoms with van der Waals surface area (Å²) >= 11 is 5.05. The van der Waals surface area contributed by atoms with Crippen molar-refractivity contribution in [3.63, 3.8) is 0 Å². The predicted octanol–water partition coefficient (Wildman–Crippen LogP) is 4.18. The lowest BCUT2D eigenvalue weighted by Crippen LogP contribution is -2.01. The van der Waals surface area contributed by atoms with Crippen molar-refractivity contribution < 1.29 is 4.74 Å². The molecular formula is C15H14BrN3OS. The van der Waals surface area contributed by atoms with E-state index in [-0.39, 0.29) is 5.95 Å². The van der Waals surface area contributed by atoms with Crippen LogP contribution in [0.2, 0.25) is 0 Å².